The van der Waals surface area contributed by atoms with Crippen LogP contribution in [0, 0.1) is 6.92 Å². The topological polar surface area (TPSA) is 112 Å². The molecule has 0 spiro atoms. The summed E-state index contributed by atoms with van der Waals surface area (Å²) >= 11 is 0. The zero-order valence-corrected chi connectivity index (χ0v) is 21.7. The number of nitrogens with one attached hydrogen (secondary N) is 1. The molecule has 0 unspecified atom stereocenters. The number of benzene rings is 1. The lowest BCUT2D eigenvalue weighted by molar-refractivity contribution is 0.0305. The number of aryl methyl sites for hydroxylation is 1. The molecule has 5 heterocycles. The lowest BCUT2D eigenvalue weighted by Gasteiger charge is -2.32. The third-order valence-corrected chi connectivity index (χ3v) is 6.67. The molecule has 4 aromatic heterocycles. The molecule has 5 aromatic rings. The van der Waals surface area contributed by atoms with Gasteiger partial charge in [0.2, 0.25) is 0 Å². The maximum atomic E-state index is 14.9. The third-order valence-electron chi connectivity index (χ3n) is 6.67. The Bertz CT molecular complexity index is 1640. The van der Waals surface area contributed by atoms with Gasteiger partial charge < -0.3 is 24.4 Å². The summed E-state index contributed by atoms with van der Waals surface area (Å²) < 4.78 is 34.3. The van der Waals surface area contributed by atoms with Crippen molar-refractivity contribution < 1.29 is 18.6 Å². The van der Waals surface area contributed by atoms with E-state index >= 15 is 0 Å². The number of aromatic nitrogens is 6. The molecule has 0 radical (unpaired) electrons. The number of pyridine rings is 2. The number of rotatable bonds is 7. The Kier molecular flexibility index (Phi) is 6.53. The molecule has 0 saturated carbocycles. The van der Waals surface area contributed by atoms with E-state index in [0.717, 1.165) is 17.8 Å². The highest BCUT2D eigenvalue weighted by Gasteiger charge is 2.31. The Labute approximate surface area is 223 Å². The monoisotopic (exact) mass is 530 g/mol. The van der Waals surface area contributed by atoms with Crippen LogP contribution in [0.5, 0.6) is 23.1 Å². The summed E-state index contributed by atoms with van der Waals surface area (Å²) in [6, 6.07) is 9.36. The number of anilines is 2. The lowest BCUT2D eigenvalue weighted by atomic mass is 10.1. The first-order valence-corrected chi connectivity index (χ1v) is 12.5. The maximum Gasteiger partial charge on any atom is 0.257 e. The molecule has 1 N–H and O–H groups in total. The Morgan fingerprint density at radius 2 is 1.97 bits per heavy atom. The molecule has 1 aliphatic rings. The molecule has 39 heavy (non-hydrogen) atoms. The molecule has 1 aromatic carbocycles. The van der Waals surface area contributed by atoms with Gasteiger partial charge in [-0.3, -0.25) is 0 Å². The first kappa shape index (κ1) is 24.7. The van der Waals surface area contributed by atoms with Crippen LogP contribution in [0.2, 0.25) is 0 Å². The summed E-state index contributed by atoms with van der Waals surface area (Å²) in [4.78, 5) is 19.3. The summed E-state index contributed by atoms with van der Waals surface area (Å²) in [6.07, 6.45) is 5.08. The molecule has 6 rings (SSSR count). The van der Waals surface area contributed by atoms with Crippen LogP contribution in [0.15, 0.2) is 55.4 Å². The van der Waals surface area contributed by atoms with E-state index in [2.05, 4.69) is 30.4 Å². The fourth-order valence-electron chi connectivity index (χ4n) is 4.64. The summed E-state index contributed by atoms with van der Waals surface area (Å²) in [7, 11) is 3.40. The number of hydrogen-bond donors (Lipinski definition) is 1. The van der Waals surface area contributed by atoms with Gasteiger partial charge in [-0.1, -0.05) is 0 Å². The van der Waals surface area contributed by atoms with E-state index in [1.165, 1.54) is 19.8 Å². The van der Waals surface area contributed by atoms with Crippen molar-refractivity contribution in [3.8, 4) is 23.1 Å². The normalized spacial score (nSPS) is 17.8. The van der Waals surface area contributed by atoms with Crippen LogP contribution in [-0.2, 0) is 0 Å². The summed E-state index contributed by atoms with van der Waals surface area (Å²) in [5.41, 5.74) is 2.92. The van der Waals surface area contributed by atoms with Gasteiger partial charge in [0.05, 0.1) is 24.2 Å². The molecule has 1 fully saturated rings. The second-order valence-corrected chi connectivity index (χ2v) is 9.43. The molecule has 2 atom stereocenters. The number of ether oxygens (including phenoxy) is 3. The third kappa shape index (κ3) is 4.98. The zero-order valence-electron chi connectivity index (χ0n) is 21.7. The van der Waals surface area contributed by atoms with Gasteiger partial charge in [-0.15, -0.1) is 0 Å². The van der Waals surface area contributed by atoms with Crippen molar-refractivity contribution in [2.24, 2.45) is 0 Å². The van der Waals surface area contributed by atoms with Crippen molar-refractivity contribution >= 4 is 28.1 Å². The van der Waals surface area contributed by atoms with E-state index in [0.29, 0.717) is 52.6 Å². The van der Waals surface area contributed by atoms with Crippen LogP contribution in [0.1, 0.15) is 12.0 Å². The molecule has 0 amide bonds. The van der Waals surface area contributed by atoms with Crippen molar-refractivity contribution in [1.82, 2.24) is 34.4 Å². The number of alkyl halides is 1. The van der Waals surface area contributed by atoms with E-state index in [9.17, 15) is 4.39 Å². The van der Waals surface area contributed by atoms with Gasteiger partial charge in [-0.05, 0) is 50.2 Å². The van der Waals surface area contributed by atoms with Gasteiger partial charge in [0.1, 0.15) is 42.2 Å². The average Bonchev–Trinajstić information content (AvgIpc) is 3.40. The quantitative estimate of drug-likeness (QED) is 0.326. The van der Waals surface area contributed by atoms with E-state index in [4.69, 9.17) is 14.2 Å². The van der Waals surface area contributed by atoms with Crippen molar-refractivity contribution in [2.75, 3.05) is 32.6 Å². The van der Waals surface area contributed by atoms with Crippen LogP contribution in [-0.4, -0.2) is 74.0 Å². The molecular formula is C27H27FN8O3. The summed E-state index contributed by atoms with van der Waals surface area (Å²) in [5.74, 6) is 2.40. The first-order valence-electron chi connectivity index (χ1n) is 12.5. The molecule has 12 heteroatoms. The second kappa shape index (κ2) is 10.3. The molecule has 1 saturated heterocycles. The lowest BCUT2D eigenvalue weighted by Crippen LogP contribution is -2.45. The van der Waals surface area contributed by atoms with Crippen molar-refractivity contribution in [3.63, 3.8) is 0 Å². The Morgan fingerprint density at radius 1 is 1.08 bits per heavy atom. The highest BCUT2D eigenvalue weighted by molar-refractivity contribution is 5.96. The maximum absolute atomic E-state index is 14.9. The summed E-state index contributed by atoms with van der Waals surface area (Å²) in [5, 5.41) is 8.02. The smallest absolute Gasteiger partial charge is 0.257 e. The Hall–Kier alpha value is -4.58. The van der Waals surface area contributed by atoms with Crippen molar-refractivity contribution in [3.05, 3.63) is 60.9 Å². The zero-order chi connectivity index (χ0) is 26.9. The SMILES string of the molecule is COc1ncc2ncnc(Nc3ccc(Oc4ccn5ncnc5c4)c(C)c3)c2c1O[C@@H]1CCN(C)C[C@H]1F. The highest BCUT2D eigenvalue weighted by atomic mass is 19.1. The number of likely N-dealkylation sites (tertiary alicyclic amines) is 1. The number of hydrogen-bond acceptors (Lipinski definition) is 10. The Morgan fingerprint density at radius 3 is 2.79 bits per heavy atom. The second-order valence-electron chi connectivity index (χ2n) is 9.43. The molecule has 0 aliphatic carbocycles. The van der Waals surface area contributed by atoms with Gasteiger partial charge >= 0.3 is 0 Å². The molecule has 11 nitrogen and oxygen atoms in total. The number of methoxy groups -OCH3 is 1. The standard InChI is InChI=1S/C27H27FN8O3/c1-16-10-17(4-5-21(16)38-18-6-9-36-23(11-18)31-15-33-36)34-26-24-20(30-14-32-26)12-29-27(37-3)25(24)39-22-7-8-35(2)13-19(22)28/h4-6,9-12,14-15,19,22H,7-8,13H2,1-3H3,(H,30,32,34)/t19-,22-/m1/s1. The molecule has 1 aliphatic heterocycles. The van der Waals surface area contributed by atoms with E-state index in [-0.39, 0.29) is 5.88 Å². The van der Waals surface area contributed by atoms with Gasteiger partial charge in [0.25, 0.3) is 5.88 Å². The fraction of sp³-hybridized carbons (Fsp3) is 0.296. The van der Waals surface area contributed by atoms with Crippen LogP contribution in [0.3, 0.4) is 0 Å². The highest BCUT2D eigenvalue weighted by Crippen LogP contribution is 2.39. The minimum atomic E-state index is -1.15. The number of nitrogens with zero attached hydrogens (tertiary/aromatic N) is 7. The number of piperidine rings is 1. The average molecular weight is 531 g/mol. The number of fused-ring (bicyclic) bond motifs is 2. The van der Waals surface area contributed by atoms with Gasteiger partial charge in [-0.2, -0.15) is 5.10 Å². The van der Waals surface area contributed by atoms with Crippen molar-refractivity contribution in [1.29, 1.82) is 0 Å². The Balaban J connectivity index is 1.30. The molecule has 0 bridgehead atoms. The first-order chi connectivity index (χ1) is 19.0. The minimum Gasteiger partial charge on any atom is -0.481 e. The molecule has 200 valence electrons. The van der Waals surface area contributed by atoms with Crippen LogP contribution in [0.4, 0.5) is 15.9 Å². The van der Waals surface area contributed by atoms with Crippen LogP contribution < -0.4 is 19.5 Å². The van der Waals surface area contributed by atoms with E-state index in [1.807, 2.05) is 49.2 Å². The fourth-order valence-corrected chi connectivity index (χ4v) is 4.64. The summed E-state index contributed by atoms with van der Waals surface area (Å²) in [6.45, 7) is 2.98. The van der Waals surface area contributed by atoms with E-state index in [1.54, 1.807) is 16.9 Å². The van der Waals surface area contributed by atoms with E-state index < -0.39 is 12.3 Å². The largest absolute Gasteiger partial charge is 0.481 e. The van der Waals surface area contributed by atoms with Gasteiger partial charge in [0, 0.05) is 31.0 Å². The van der Waals surface area contributed by atoms with Crippen molar-refractivity contribution in [2.45, 2.75) is 25.6 Å². The van der Waals surface area contributed by atoms with Gasteiger partial charge in [-0.25, -0.2) is 28.8 Å². The predicted molar refractivity (Wildman–Crippen MR) is 143 cm³/mol. The number of halogens is 1. The van der Waals surface area contributed by atoms with Gasteiger partial charge in [0.15, 0.2) is 11.4 Å². The minimum absolute atomic E-state index is 0.246. The predicted octanol–water partition coefficient (Wildman–Crippen LogP) is 4.34. The van der Waals surface area contributed by atoms with Crippen LogP contribution in [0.25, 0.3) is 16.6 Å². The van der Waals surface area contributed by atoms with Crippen LogP contribution >= 0.6 is 0 Å². The molecular weight excluding hydrogens is 503 g/mol.